The van der Waals surface area contributed by atoms with Crippen molar-refractivity contribution in [1.29, 1.82) is 0 Å². The molecule has 0 aliphatic heterocycles. The van der Waals surface area contributed by atoms with Crippen LogP contribution >= 0.6 is 0 Å². The van der Waals surface area contributed by atoms with Gasteiger partial charge in [-0.25, -0.2) is 0 Å². The molecule has 1 heterocycles. The van der Waals surface area contributed by atoms with Crippen molar-refractivity contribution >= 4 is 5.91 Å². The van der Waals surface area contributed by atoms with Gasteiger partial charge < -0.3 is 10.3 Å². The summed E-state index contributed by atoms with van der Waals surface area (Å²) in [7, 11) is 0. The molecule has 7 heteroatoms. The van der Waals surface area contributed by atoms with Crippen LogP contribution < -0.4 is 10.9 Å². The first-order valence-corrected chi connectivity index (χ1v) is 7.72. The number of aromatic nitrogens is 1. The molecular formula is C16H21F3N2O2. The number of pyridine rings is 1. The molecule has 1 amide bonds. The molecule has 23 heavy (non-hydrogen) atoms. The first-order chi connectivity index (χ1) is 10.7. The summed E-state index contributed by atoms with van der Waals surface area (Å²) < 4.78 is 38.4. The van der Waals surface area contributed by atoms with Gasteiger partial charge in [-0.3, -0.25) is 9.59 Å². The van der Waals surface area contributed by atoms with Crippen LogP contribution in [0.2, 0.25) is 0 Å². The Kier molecular flexibility index (Phi) is 5.16. The van der Waals surface area contributed by atoms with Crippen LogP contribution in [0, 0.1) is 25.7 Å². The number of carbonyl (C=O) groups excluding carboxylic acids is 1. The number of H-pyrrole nitrogens is 1. The molecule has 0 spiro atoms. The summed E-state index contributed by atoms with van der Waals surface area (Å²) >= 11 is 0. The number of alkyl halides is 3. The molecule has 0 saturated heterocycles. The number of aryl methyl sites for hydroxylation is 2. The number of aromatic amines is 1. The molecule has 0 aromatic carbocycles. The predicted octanol–water partition coefficient (Wildman–Crippen LogP) is 2.98. The molecule has 1 saturated carbocycles. The van der Waals surface area contributed by atoms with Crippen molar-refractivity contribution < 1.29 is 18.0 Å². The van der Waals surface area contributed by atoms with Crippen LogP contribution in [0.5, 0.6) is 0 Å². The van der Waals surface area contributed by atoms with Crippen LogP contribution in [0.4, 0.5) is 13.2 Å². The van der Waals surface area contributed by atoms with Gasteiger partial charge in [0.15, 0.2) is 0 Å². The highest BCUT2D eigenvalue weighted by Gasteiger charge is 2.43. The highest BCUT2D eigenvalue weighted by Crippen LogP contribution is 2.39. The molecule has 2 atom stereocenters. The molecule has 1 aliphatic rings. The maximum Gasteiger partial charge on any atom is 0.391 e. The standard InChI is InChI=1S/C16H21F3N2O2/c1-9-6-10(2)21-15(23)13(9)8-20-14(22)11-4-3-5-12(7-11)16(17,18)19/h6,11-12H,3-5,7-8H2,1-2H3,(H,20,22)(H,21,23)/t11-,12+/m1/s1. The van der Waals surface area contributed by atoms with Crippen molar-refractivity contribution in [3.8, 4) is 0 Å². The van der Waals surface area contributed by atoms with Crippen molar-refractivity contribution in [2.45, 2.75) is 52.3 Å². The first kappa shape index (κ1) is 17.6. The normalized spacial score (nSPS) is 22.0. The zero-order valence-corrected chi connectivity index (χ0v) is 13.2. The quantitative estimate of drug-likeness (QED) is 0.895. The SMILES string of the molecule is Cc1cc(C)c(CNC(=O)[C@@H]2CCC[C@H](C(F)(F)F)C2)c(=O)[nH]1. The van der Waals surface area contributed by atoms with Gasteiger partial charge in [0, 0.05) is 23.7 Å². The summed E-state index contributed by atoms with van der Waals surface area (Å²) in [6.07, 6.45) is -3.47. The van der Waals surface area contributed by atoms with Crippen molar-refractivity contribution in [3.05, 3.63) is 33.2 Å². The van der Waals surface area contributed by atoms with E-state index in [0.717, 1.165) is 11.3 Å². The maximum absolute atomic E-state index is 12.8. The molecule has 1 aromatic heterocycles. The van der Waals surface area contributed by atoms with Crippen LogP contribution in [0.25, 0.3) is 0 Å². The second kappa shape index (κ2) is 6.76. The van der Waals surface area contributed by atoms with Crippen LogP contribution in [-0.2, 0) is 11.3 Å². The Morgan fingerprint density at radius 1 is 1.35 bits per heavy atom. The Morgan fingerprint density at radius 2 is 2.04 bits per heavy atom. The van der Waals surface area contributed by atoms with E-state index < -0.39 is 23.9 Å². The number of nitrogens with one attached hydrogen (secondary N) is 2. The highest BCUT2D eigenvalue weighted by molar-refractivity contribution is 5.78. The third kappa shape index (κ3) is 4.36. The number of amides is 1. The lowest BCUT2D eigenvalue weighted by atomic mass is 9.80. The third-order valence-electron chi connectivity index (χ3n) is 4.44. The van der Waals surface area contributed by atoms with Crippen LogP contribution in [0.15, 0.2) is 10.9 Å². The zero-order chi connectivity index (χ0) is 17.2. The fourth-order valence-corrected chi connectivity index (χ4v) is 3.15. The van der Waals surface area contributed by atoms with Crippen LogP contribution in [-0.4, -0.2) is 17.1 Å². The lowest BCUT2D eigenvalue weighted by Gasteiger charge is -2.29. The van der Waals surface area contributed by atoms with Gasteiger partial charge in [0.2, 0.25) is 5.91 Å². The van der Waals surface area contributed by atoms with Crippen LogP contribution in [0.1, 0.15) is 42.5 Å². The van der Waals surface area contributed by atoms with E-state index in [0.29, 0.717) is 18.4 Å². The highest BCUT2D eigenvalue weighted by atomic mass is 19.4. The van der Waals surface area contributed by atoms with Gasteiger partial charge in [-0.1, -0.05) is 6.42 Å². The molecule has 1 aliphatic carbocycles. The summed E-state index contributed by atoms with van der Waals surface area (Å²) in [4.78, 5) is 26.7. The van der Waals surface area contributed by atoms with Gasteiger partial charge in [0.05, 0.1) is 5.92 Å². The molecule has 2 rings (SSSR count). The minimum absolute atomic E-state index is 0.0352. The zero-order valence-electron chi connectivity index (χ0n) is 13.2. The number of hydrogen-bond acceptors (Lipinski definition) is 2. The number of halogens is 3. The average molecular weight is 330 g/mol. The average Bonchev–Trinajstić information content (AvgIpc) is 2.45. The lowest BCUT2D eigenvalue weighted by Crippen LogP contribution is -2.38. The van der Waals surface area contributed by atoms with Crippen molar-refractivity contribution in [2.24, 2.45) is 11.8 Å². The topological polar surface area (TPSA) is 62.0 Å². The van der Waals surface area contributed by atoms with E-state index in [2.05, 4.69) is 10.3 Å². The van der Waals surface area contributed by atoms with Crippen molar-refractivity contribution in [2.75, 3.05) is 0 Å². The molecule has 1 fully saturated rings. The number of hydrogen-bond donors (Lipinski definition) is 2. The molecule has 128 valence electrons. The molecule has 0 bridgehead atoms. The molecule has 1 aromatic rings. The Hall–Kier alpha value is -1.79. The van der Waals surface area contributed by atoms with E-state index in [9.17, 15) is 22.8 Å². The van der Waals surface area contributed by atoms with Gasteiger partial charge in [-0.05, 0) is 44.7 Å². The van der Waals surface area contributed by atoms with E-state index in [4.69, 9.17) is 0 Å². The number of carbonyl (C=O) groups is 1. The van der Waals surface area contributed by atoms with Gasteiger partial charge >= 0.3 is 6.18 Å². The van der Waals surface area contributed by atoms with Gasteiger partial charge in [0.25, 0.3) is 5.56 Å². The van der Waals surface area contributed by atoms with E-state index >= 15 is 0 Å². The van der Waals surface area contributed by atoms with E-state index in [1.807, 2.05) is 0 Å². The molecular weight excluding hydrogens is 309 g/mol. The fraction of sp³-hybridized carbons (Fsp3) is 0.625. The van der Waals surface area contributed by atoms with Crippen molar-refractivity contribution in [3.63, 3.8) is 0 Å². The molecule has 2 N–H and O–H groups in total. The van der Waals surface area contributed by atoms with Gasteiger partial charge in [-0.2, -0.15) is 13.2 Å². The van der Waals surface area contributed by atoms with Gasteiger partial charge in [-0.15, -0.1) is 0 Å². The Morgan fingerprint density at radius 3 is 2.65 bits per heavy atom. The largest absolute Gasteiger partial charge is 0.391 e. The molecule has 4 nitrogen and oxygen atoms in total. The third-order valence-corrected chi connectivity index (χ3v) is 4.44. The van der Waals surface area contributed by atoms with E-state index in [1.54, 1.807) is 19.9 Å². The summed E-state index contributed by atoms with van der Waals surface area (Å²) in [6.45, 7) is 3.56. The monoisotopic (exact) mass is 330 g/mol. The minimum atomic E-state index is -4.25. The molecule has 0 unspecified atom stereocenters. The smallest absolute Gasteiger partial charge is 0.352 e. The summed E-state index contributed by atoms with van der Waals surface area (Å²) in [5.41, 5.74) is 1.64. The van der Waals surface area contributed by atoms with Gasteiger partial charge in [0.1, 0.15) is 0 Å². The number of rotatable bonds is 3. The molecule has 0 radical (unpaired) electrons. The Labute approximate surface area is 132 Å². The van der Waals surface area contributed by atoms with E-state index in [-0.39, 0.29) is 24.9 Å². The summed E-state index contributed by atoms with van der Waals surface area (Å²) in [5, 5.41) is 2.62. The fourth-order valence-electron chi connectivity index (χ4n) is 3.15. The minimum Gasteiger partial charge on any atom is -0.352 e. The lowest BCUT2D eigenvalue weighted by molar-refractivity contribution is -0.186. The van der Waals surface area contributed by atoms with Crippen LogP contribution in [0.3, 0.4) is 0 Å². The summed E-state index contributed by atoms with van der Waals surface area (Å²) in [6, 6.07) is 1.79. The second-order valence-corrected chi connectivity index (χ2v) is 6.26. The predicted molar refractivity (Wildman–Crippen MR) is 79.9 cm³/mol. The maximum atomic E-state index is 12.8. The second-order valence-electron chi connectivity index (χ2n) is 6.26. The van der Waals surface area contributed by atoms with Crippen molar-refractivity contribution in [1.82, 2.24) is 10.3 Å². The summed E-state index contributed by atoms with van der Waals surface area (Å²) in [5.74, 6) is -2.45. The Bertz CT molecular complexity index is 637. The first-order valence-electron chi connectivity index (χ1n) is 7.72. The van der Waals surface area contributed by atoms with E-state index in [1.165, 1.54) is 0 Å². The Balaban J connectivity index is 1.99.